The van der Waals surface area contributed by atoms with Crippen LogP contribution in [0.4, 0.5) is 0 Å². The van der Waals surface area contributed by atoms with Gasteiger partial charge in [-0.05, 0) is 37.0 Å². The molecule has 2 unspecified atom stereocenters. The minimum absolute atomic E-state index is 0.0660. The fourth-order valence-electron chi connectivity index (χ4n) is 7.52. The van der Waals surface area contributed by atoms with Crippen LogP contribution in [0.15, 0.2) is 0 Å². The van der Waals surface area contributed by atoms with Crippen molar-refractivity contribution < 1.29 is 28.6 Å². The smallest absolute Gasteiger partial charge is 0.306 e. The van der Waals surface area contributed by atoms with Crippen LogP contribution in [-0.4, -0.2) is 37.2 Å². The summed E-state index contributed by atoms with van der Waals surface area (Å²) >= 11 is 0. The van der Waals surface area contributed by atoms with E-state index in [0.29, 0.717) is 19.3 Å². The molecule has 0 aliphatic heterocycles. The van der Waals surface area contributed by atoms with Gasteiger partial charge in [0, 0.05) is 19.3 Å². The van der Waals surface area contributed by atoms with Gasteiger partial charge in [-0.15, -0.1) is 0 Å². The lowest BCUT2D eigenvalue weighted by Gasteiger charge is -2.18. The summed E-state index contributed by atoms with van der Waals surface area (Å²) < 4.78 is 16.8. The molecule has 0 heterocycles. The van der Waals surface area contributed by atoms with Crippen molar-refractivity contribution in [3.05, 3.63) is 0 Å². The minimum Gasteiger partial charge on any atom is -0.462 e. The third kappa shape index (κ3) is 42.3. The molecule has 0 bridgehead atoms. The zero-order valence-corrected chi connectivity index (χ0v) is 39.1. The molecule has 0 aliphatic carbocycles. The molecule has 0 spiro atoms. The number of hydrogen-bond acceptors (Lipinski definition) is 6. The fourth-order valence-corrected chi connectivity index (χ4v) is 7.52. The van der Waals surface area contributed by atoms with E-state index >= 15 is 0 Å². The molecule has 0 amide bonds. The topological polar surface area (TPSA) is 78.9 Å². The summed E-state index contributed by atoms with van der Waals surface area (Å²) in [5.74, 6) is 1.64. The standard InChI is InChI=1S/C51H98O6/c1-7-46(5)38-32-26-20-15-13-11-9-10-12-14-16-21-28-34-40-49(52)55-43-48(57-51(54)42-36-30-24-23-27-33-39-47(6)8-2)44-56-50(53)41-35-29-22-18-17-19-25-31-37-45(3)4/h45-48H,7-44H2,1-6H3/t46?,47?,48-/m1/s1. The van der Waals surface area contributed by atoms with Crippen LogP contribution in [0.25, 0.3) is 0 Å². The normalized spacial score (nSPS) is 13.1. The van der Waals surface area contributed by atoms with Crippen molar-refractivity contribution in [1.82, 2.24) is 0 Å². The van der Waals surface area contributed by atoms with E-state index in [-0.39, 0.29) is 31.1 Å². The molecule has 0 N–H and O–H groups in total. The molecular formula is C51H98O6. The number of carbonyl (C=O) groups is 3. The van der Waals surface area contributed by atoms with Crippen LogP contribution in [0.5, 0.6) is 0 Å². The minimum atomic E-state index is -0.763. The molecule has 0 aromatic carbocycles. The maximum atomic E-state index is 12.7. The van der Waals surface area contributed by atoms with Gasteiger partial charge >= 0.3 is 17.9 Å². The summed E-state index contributed by atoms with van der Waals surface area (Å²) in [6, 6.07) is 0. The van der Waals surface area contributed by atoms with Crippen molar-refractivity contribution in [1.29, 1.82) is 0 Å². The maximum Gasteiger partial charge on any atom is 0.306 e. The Labute approximate surface area is 355 Å². The molecule has 6 nitrogen and oxygen atoms in total. The lowest BCUT2D eigenvalue weighted by atomic mass is 9.99. The van der Waals surface area contributed by atoms with Gasteiger partial charge in [-0.2, -0.15) is 0 Å². The number of carbonyl (C=O) groups excluding carboxylic acids is 3. The lowest BCUT2D eigenvalue weighted by molar-refractivity contribution is -0.167. The first kappa shape index (κ1) is 55.4. The number of hydrogen-bond donors (Lipinski definition) is 0. The summed E-state index contributed by atoms with van der Waals surface area (Å²) in [6.45, 7) is 13.7. The number of esters is 3. The molecule has 0 aromatic rings. The van der Waals surface area contributed by atoms with Gasteiger partial charge in [0.25, 0.3) is 0 Å². The molecule has 0 fully saturated rings. The molecular weight excluding hydrogens is 709 g/mol. The van der Waals surface area contributed by atoms with Crippen molar-refractivity contribution in [2.45, 2.75) is 279 Å². The van der Waals surface area contributed by atoms with E-state index in [9.17, 15) is 14.4 Å². The van der Waals surface area contributed by atoms with E-state index in [4.69, 9.17) is 14.2 Å². The largest absolute Gasteiger partial charge is 0.462 e. The Morgan fingerprint density at radius 1 is 0.351 bits per heavy atom. The zero-order chi connectivity index (χ0) is 42.0. The van der Waals surface area contributed by atoms with E-state index in [1.54, 1.807) is 0 Å². The predicted octanol–water partition coefficient (Wildman–Crippen LogP) is 16.0. The molecule has 0 rings (SSSR count). The molecule has 0 saturated carbocycles. The Morgan fingerprint density at radius 2 is 0.614 bits per heavy atom. The van der Waals surface area contributed by atoms with Crippen LogP contribution in [0, 0.1) is 17.8 Å². The summed E-state index contributed by atoms with van der Waals surface area (Å²) in [5, 5.41) is 0. The highest BCUT2D eigenvalue weighted by Crippen LogP contribution is 2.18. The third-order valence-electron chi connectivity index (χ3n) is 12.1. The van der Waals surface area contributed by atoms with E-state index < -0.39 is 6.10 Å². The average Bonchev–Trinajstić information content (AvgIpc) is 3.19. The van der Waals surface area contributed by atoms with Gasteiger partial charge in [0.15, 0.2) is 6.10 Å². The fraction of sp³-hybridized carbons (Fsp3) is 0.941. The Bertz CT molecular complexity index is 887. The number of unbranched alkanes of at least 4 members (excludes halogenated alkanes) is 25. The van der Waals surface area contributed by atoms with Gasteiger partial charge in [-0.3, -0.25) is 14.4 Å². The average molecular weight is 807 g/mol. The van der Waals surface area contributed by atoms with Crippen LogP contribution < -0.4 is 0 Å². The van der Waals surface area contributed by atoms with E-state index in [0.717, 1.165) is 75.5 Å². The SMILES string of the molecule is CCC(C)CCCCCCCCCCCCCCCCC(=O)OC[C@H](COC(=O)CCCCCCCCCCC(C)C)OC(=O)CCCCCCCCC(C)CC. The summed E-state index contributed by atoms with van der Waals surface area (Å²) in [6.07, 6.45) is 40.9. The molecule has 0 radical (unpaired) electrons. The van der Waals surface area contributed by atoms with Crippen LogP contribution in [0.2, 0.25) is 0 Å². The highest BCUT2D eigenvalue weighted by molar-refractivity contribution is 5.71. The van der Waals surface area contributed by atoms with Gasteiger partial charge < -0.3 is 14.2 Å². The first-order valence-electron chi connectivity index (χ1n) is 25.2. The van der Waals surface area contributed by atoms with E-state index in [1.807, 2.05) is 0 Å². The third-order valence-corrected chi connectivity index (χ3v) is 12.1. The molecule has 6 heteroatoms. The number of ether oxygens (including phenoxy) is 3. The molecule has 0 saturated heterocycles. The van der Waals surface area contributed by atoms with Gasteiger partial charge in [0.05, 0.1) is 0 Å². The monoisotopic (exact) mass is 807 g/mol. The second kappa shape index (κ2) is 42.5. The van der Waals surface area contributed by atoms with Crippen molar-refractivity contribution in [2.24, 2.45) is 17.8 Å². The van der Waals surface area contributed by atoms with Gasteiger partial charge in [-0.1, -0.05) is 234 Å². The molecule has 0 aliphatic rings. The number of rotatable bonds is 44. The molecule has 338 valence electrons. The second-order valence-electron chi connectivity index (χ2n) is 18.4. The first-order valence-corrected chi connectivity index (χ1v) is 25.2. The molecule has 0 aromatic heterocycles. The summed E-state index contributed by atoms with van der Waals surface area (Å²) in [4.78, 5) is 37.8. The van der Waals surface area contributed by atoms with Crippen molar-refractivity contribution >= 4 is 17.9 Å². The molecule has 3 atom stereocenters. The quantitative estimate of drug-likeness (QED) is 0.0347. The lowest BCUT2D eigenvalue weighted by Crippen LogP contribution is -2.30. The van der Waals surface area contributed by atoms with E-state index in [1.165, 1.54) is 154 Å². The summed E-state index contributed by atoms with van der Waals surface area (Å²) in [7, 11) is 0. The van der Waals surface area contributed by atoms with Crippen LogP contribution in [-0.2, 0) is 28.6 Å². The Balaban J connectivity index is 4.26. The Morgan fingerprint density at radius 3 is 0.912 bits per heavy atom. The van der Waals surface area contributed by atoms with Crippen LogP contribution in [0.1, 0.15) is 273 Å². The highest BCUT2D eigenvalue weighted by Gasteiger charge is 2.19. The van der Waals surface area contributed by atoms with Crippen LogP contribution >= 0.6 is 0 Å². The predicted molar refractivity (Wildman–Crippen MR) is 243 cm³/mol. The Kier molecular flexibility index (Phi) is 41.3. The van der Waals surface area contributed by atoms with Gasteiger partial charge in [0.1, 0.15) is 13.2 Å². The summed E-state index contributed by atoms with van der Waals surface area (Å²) in [5.41, 5.74) is 0. The zero-order valence-electron chi connectivity index (χ0n) is 39.1. The molecule has 57 heavy (non-hydrogen) atoms. The highest BCUT2D eigenvalue weighted by atomic mass is 16.6. The van der Waals surface area contributed by atoms with Gasteiger partial charge in [-0.25, -0.2) is 0 Å². The van der Waals surface area contributed by atoms with Crippen LogP contribution in [0.3, 0.4) is 0 Å². The maximum absolute atomic E-state index is 12.7. The van der Waals surface area contributed by atoms with Crippen molar-refractivity contribution in [2.75, 3.05) is 13.2 Å². The van der Waals surface area contributed by atoms with Crippen molar-refractivity contribution in [3.63, 3.8) is 0 Å². The first-order chi connectivity index (χ1) is 27.7. The van der Waals surface area contributed by atoms with Gasteiger partial charge in [0.2, 0.25) is 0 Å². The van der Waals surface area contributed by atoms with E-state index in [2.05, 4.69) is 41.5 Å². The Hall–Kier alpha value is -1.59. The second-order valence-corrected chi connectivity index (χ2v) is 18.4. The van der Waals surface area contributed by atoms with Crippen molar-refractivity contribution in [3.8, 4) is 0 Å².